The number of halogens is 1. The SMILES string of the molecule is O=C(CCc1nc(-c2cccs2)no1)NCCOc1ccccc1F. The minimum atomic E-state index is -0.424. The van der Waals surface area contributed by atoms with E-state index < -0.39 is 5.82 Å². The highest BCUT2D eigenvalue weighted by atomic mass is 32.1. The van der Waals surface area contributed by atoms with Crippen LogP contribution < -0.4 is 10.1 Å². The number of aromatic nitrogens is 2. The number of rotatable bonds is 8. The summed E-state index contributed by atoms with van der Waals surface area (Å²) in [6.45, 7) is 0.479. The minimum absolute atomic E-state index is 0.159. The number of nitrogens with zero attached hydrogens (tertiary/aromatic N) is 2. The van der Waals surface area contributed by atoms with Gasteiger partial charge >= 0.3 is 0 Å². The molecule has 25 heavy (non-hydrogen) atoms. The van der Waals surface area contributed by atoms with E-state index in [1.807, 2.05) is 17.5 Å². The lowest BCUT2D eigenvalue weighted by Crippen LogP contribution is -2.28. The summed E-state index contributed by atoms with van der Waals surface area (Å²) in [5, 5.41) is 8.53. The van der Waals surface area contributed by atoms with Gasteiger partial charge in [0.05, 0.1) is 11.4 Å². The largest absolute Gasteiger partial charge is 0.489 e. The first-order valence-corrected chi connectivity index (χ1v) is 8.61. The molecular weight excluding hydrogens is 345 g/mol. The second-order valence-corrected chi connectivity index (χ2v) is 6.07. The van der Waals surface area contributed by atoms with Crippen molar-refractivity contribution in [3.05, 3.63) is 53.5 Å². The molecule has 6 nitrogen and oxygen atoms in total. The molecule has 8 heteroatoms. The topological polar surface area (TPSA) is 77.2 Å². The summed E-state index contributed by atoms with van der Waals surface area (Å²) in [4.78, 5) is 17.0. The van der Waals surface area contributed by atoms with E-state index in [1.54, 1.807) is 12.1 Å². The average Bonchev–Trinajstić information content (AvgIpc) is 3.29. The lowest BCUT2D eigenvalue weighted by molar-refractivity contribution is -0.121. The standard InChI is InChI=1S/C17H16FN3O3S/c18-12-4-1-2-5-13(12)23-10-9-19-15(22)7-8-16-20-17(21-24-16)14-6-3-11-25-14/h1-6,11H,7-10H2,(H,19,22). The Labute approximate surface area is 147 Å². The van der Waals surface area contributed by atoms with Gasteiger partial charge in [0.15, 0.2) is 11.6 Å². The molecule has 0 atom stereocenters. The molecule has 0 bridgehead atoms. The van der Waals surface area contributed by atoms with Crippen molar-refractivity contribution in [1.82, 2.24) is 15.5 Å². The highest BCUT2D eigenvalue weighted by molar-refractivity contribution is 7.13. The molecule has 3 aromatic rings. The van der Waals surface area contributed by atoms with E-state index in [1.165, 1.54) is 23.5 Å². The summed E-state index contributed by atoms with van der Waals surface area (Å²) < 4.78 is 23.8. The number of amides is 1. The van der Waals surface area contributed by atoms with Crippen molar-refractivity contribution in [1.29, 1.82) is 0 Å². The van der Waals surface area contributed by atoms with Crippen LogP contribution in [-0.2, 0) is 11.2 Å². The zero-order valence-electron chi connectivity index (χ0n) is 13.3. The molecule has 0 unspecified atom stereocenters. The van der Waals surface area contributed by atoms with Gasteiger partial charge in [-0.05, 0) is 23.6 Å². The first kappa shape index (κ1) is 17.1. The van der Waals surface area contributed by atoms with Crippen LogP contribution in [0.2, 0.25) is 0 Å². The number of aryl methyl sites for hydroxylation is 1. The lowest BCUT2D eigenvalue weighted by Gasteiger charge is -2.07. The Balaban J connectivity index is 1.36. The molecule has 0 radical (unpaired) electrons. The Hall–Kier alpha value is -2.74. The van der Waals surface area contributed by atoms with Gasteiger partial charge in [0.1, 0.15) is 6.61 Å². The van der Waals surface area contributed by atoms with Crippen molar-refractivity contribution in [3.63, 3.8) is 0 Å². The third-order valence-corrected chi connectivity index (χ3v) is 4.16. The summed E-state index contributed by atoms with van der Waals surface area (Å²) in [5.41, 5.74) is 0. The van der Waals surface area contributed by atoms with E-state index in [4.69, 9.17) is 9.26 Å². The Bertz CT molecular complexity index is 820. The number of nitrogens with one attached hydrogen (secondary N) is 1. The Morgan fingerprint density at radius 1 is 1.28 bits per heavy atom. The summed E-state index contributed by atoms with van der Waals surface area (Å²) in [7, 11) is 0. The van der Waals surface area contributed by atoms with Gasteiger partial charge in [-0.15, -0.1) is 11.3 Å². The number of para-hydroxylation sites is 1. The minimum Gasteiger partial charge on any atom is -0.489 e. The summed E-state index contributed by atoms with van der Waals surface area (Å²) in [5.74, 6) is 0.536. The van der Waals surface area contributed by atoms with Gasteiger partial charge in [-0.3, -0.25) is 4.79 Å². The van der Waals surface area contributed by atoms with Gasteiger partial charge in [-0.2, -0.15) is 4.98 Å². The fourth-order valence-corrected chi connectivity index (χ4v) is 2.73. The third kappa shape index (κ3) is 4.87. The molecule has 1 aromatic carbocycles. The highest BCUT2D eigenvalue weighted by Gasteiger charge is 2.11. The van der Waals surface area contributed by atoms with E-state index in [9.17, 15) is 9.18 Å². The Morgan fingerprint density at radius 2 is 2.16 bits per heavy atom. The molecule has 1 N–H and O–H groups in total. The average molecular weight is 361 g/mol. The van der Waals surface area contributed by atoms with Crippen molar-refractivity contribution in [2.45, 2.75) is 12.8 Å². The fourth-order valence-electron chi connectivity index (χ4n) is 2.08. The lowest BCUT2D eigenvalue weighted by atomic mass is 10.3. The van der Waals surface area contributed by atoms with Gasteiger partial charge in [0, 0.05) is 12.8 Å². The van der Waals surface area contributed by atoms with Gasteiger partial charge in [-0.25, -0.2) is 4.39 Å². The van der Waals surface area contributed by atoms with Crippen molar-refractivity contribution < 1.29 is 18.4 Å². The van der Waals surface area contributed by atoms with Crippen molar-refractivity contribution in [3.8, 4) is 16.5 Å². The molecule has 2 heterocycles. The molecular formula is C17H16FN3O3S. The number of benzene rings is 1. The number of ether oxygens (including phenoxy) is 1. The number of thiophene rings is 1. The number of hydrogen-bond acceptors (Lipinski definition) is 6. The van der Waals surface area contributed by atoms with Crippen LogP contribution in [0, 0.1) is 5.82 Å². The van der Waals surface area contributed by atoms with Gasteiger partial charge in [-0.1, -0.05) is 23.4 Å². The van der Waals surface area contributed by atoms with E-state index >= 15 is 0 Å². The first-order valence-electron chi connectivity index (χ1n) is 7.73. The van der Waals surface area contributed by atoms with Crippen LogP contribution >= 0.6 is 11.3 Å². The smallest absolute Gasteiger partial charge is 0.227 e. The van der Waals surface area contributed by atoms with Crippen LogP contribution in [0.1, 0.15) is 12.3 Å². The monoisotopic (exact) mass is 361 g/mol. The first-order chi connectivity index (χ1) is 12.2. The molecule has 0 saturated carbocycles. The Morgan fingerprint density at radius 3 is 2.96 bits per heavy atom. The third-order valence-electron chi connectivity index (χ3n) is 3.29. The maximum atomic E-state index is 13.4. The number of hydrogen-bond donors (Lipinski definition) is 1. The van der Waals surface area contributed by atoms with E-state index in [2.05, 4.69) is 15.5 Å². The predicted molar refractivity (Wildman–Crippen MR) is 90.8 cm³/mol. The normalized spacial score (nSPS) is 10.6. The molecule has 0 aliphatic rings. The molecule has 0 aliphatic carbocycles. The van der Waals surface area contributed by atoms with Crippen LogP contribution in [0.4, 0.5) is 4.39 Å². The Kier molecular flexibility index (Phi) is 5.73. The summed E-state index contributed by atoms with van der Waals surface area (Å²) in [6.07, 6.45) is 0.587. The van der Waals surface area contributed by atoms with E-state index in [0.29, 0.717) is 18.1 Å². The van der Waals surface area contributed by atoms with Gasteiger partial charge in [0.2, 0.25) is 17.6 Å². The molecule has 0 spiro atoms. The molecule has 0 saturated heterocycles. The predicted octanol–water partition coefficient (Wildman–Crippen LogP) is 3.07. The second-order valence-electron chi connectivity index (χ2n) is 5.12. The van der Waals surface area contributed by atoms with Gasteiger partial charge < -0.3 is 14.6 Å². The van der Waals surface area contributed by atoms with Crippen LogP contribution in [0.5, 0.6) is 5.75 Å². The zero-order valence-corrected chi connectivity index (χ0v) is 14.1. The fraction of sp³-hybridized carbons (Fsp3) is 0.235. The summed E-state index contributed by atoms with van der Waals surface area (Å²) in [6, 6.07) is 9.95. The maximum Gasteiger partial charge on any atom is 0.227 e. The van der Waals surface area contributed by atoms with Crippen LogP contribution in [-0.4, -0.2) is 29.2 Å². The molecule has 2 aromatic heterocycles. The van der Waals surface area contributed by atoms with E-state index in [0.717, 1.165) is 4.88 Å². The van der Waals surface area contributed by atoms with Gasteiger partial charge in [0.25, 0.3) is 0 Å². The molecule has 130 valence electrons. The molecule has 0 aliphatic heterocycles. The van der Waals surface area contributed by atoms with Crippen LogP contribution in [0.3, 0.4) is 0 Å². The van der Waals surface area contributed by atoms with Crippen molar-refractivity contribution in [2.75, 3.05) is 13.2 Å². The van der Waals surface area contributed by atoms with Crippen molar-refractivity contribution >= 4 is 17.2 Å². The van der Waals surface area contributed by atoms with E-state index in [-0.39, 0.29) is 31.2 Å². The second kappa shape index (κ2) is 8.39. The number of carbonyl (C=O) groups is 1. The number of carbonyl (C=O) groups excluding carboxylic acids is 1. The van der Waals surface area contributed by atoms with Crippen LogP contribution in [0.15, 0.2) is 46.3 Å². The molecule has 3 rings (SSSR count). The quantitative estimate of drug-likeness (QED) is 0.624. The zero-order chi connectivity index (χ0) is 17.5. The summed E-state index contributed by atoms with van der Waals surface area (Å²) >= 11 is 1.52. The van der Waals surface area contributed by atoms with Crippen LogP contribution in [0.25, 0.3) is 10.7 Å². The van der Waals surface area contributed by atoms with Crippen molar-refractivity contribution in [2.24, 2.45) is 0 Å². The molecule has 0 fully saturated rings. The molecule has 1 amide bonds. The maximum absolute atomic E-state index is 13.4. The highest BCUT2D eigenvalue weighted by Crippen LogP contribution is 2.21.